The number of rotatable bonds is 5. The summed E-state index contributed by atoms with van der Waals surface area (Å²) in [6.45, 7) is 0. The number of hydrogen-bond donors (Lipinski definition) is 1. The number of halogens is 1. The number of hydrogen-bond acceptors (Lipinski definition) is 3. The molecule has 4 nitrogen and oxygen atoms in total. The molecule has 0 fully saturated rings. The van der Waals surface area contributed by atoms with Crippen molar-refractivity contribution in [2.45, 2.75) is 0 Å². The highest BCUT2D eigenvalue weighted by Crippen LogP contribution is 2.22. The standard InChI is InChI=1S/C21H18ClN3O/c1-25(19-8-3-2-4-9-19)20-12-10-16(11-13-20)15-23-24-21(26)17-6-5-7-18(22)14-17/h2-15H,1H3,(H,24,26)/b23-15+. The Morgan fingerprint density at radius 2 is 1.65 bits per heavy atom. The van der Waals surface area contributed by atoms with Crippen LogP contribution >= 0.6 is 11.6 Å². The second-order valence-electron chi connectivity index (χ2n) is 5.70. The number of carbonyl (C=O) groups is 1. The Kier molecular flexibility index (Phi) is 5.66. The smallest absolute Gasteiger partial charge is 0.271 e. The highest BCUT2D eigenvalue weighted by Gasteiger charge is 2.04. The largest absolute Gasteiger partial charge is 0.345 e. The Hall–Kier alpha value is -3.11. The third-order valence-electron chi connectivity index (χ3n) is 3.89. The van der Waals surface area contributed by atoms with Crippen LogP contribution in [0.25, 0.3) is 0 Å². The van der Waals surface area contributed by atoms with Crippen LogP contribution in [0.2, 0.25) is 5.02 Å². The number of carbonyl (C=O) groups excluding carboxylic acids is 1. The number of benzene rings is 3. The van der Waals surface area contributed by atoms with Crippen LogP contribution in [0.1, 0.15) is 15.9 Å². The third-order valence-corrected chi connectivity index (χ3v) is 4.13. The molecule has 0 atom stereocenters. The first-order valence-corrected chi connectivity index (χ1v) is 8.49. The molecule has 0 saturated carbocycles. The van der Waals surface area contributed by atoms with E-state index in [0.29, 0.717) is 10.6 Å². The molecule has 26 heavy (non-hydrogen) atoms. The molecule has 0 heterocycles. The van der Waals surface area contributed by atoms with Crippen molar-refractivity contribution >= 4 is 35.1 Å². The summed E-state index contributed by atoms with van der Waals surface area (Å²) in [6, 6.07) is 24.8. The molecular formula is C21H18ClN3O. The summed E-state index contributed by atoms with van der Waals surface area (Å²) in [6.07, 6.45) is 1.61. The Morgan fingerprint density at radius 3 is 2.35 bits per heavy atom. The number of nitrogens with zero attached hydrogens (tertiary/aromatic N) is 2. The van der Waals surface area contributed by atoms with Gasteiger partial charge in [-0.2, -0.15) is 5.10 Å². The summed E-state index contributed by atoms with van der Waals surface area (Å²) >= 11 is 5.88. The normalized spacial score (nSPS) is 10.7. The first kappa shape index (κ1) is 17.7. The van der Waals surface area contributed by atoms with Crippen LogP contribution in [-0.2, 0) is 0 Å². The molecule has 0 aromatic heterocycles. The van der Waals surface area contributed by atoms with Crippen LogP contribution in [0.4, 0.5) is 11.4 Å². The maximum absolute atomic E-state index is 12.0. The number of nitrogens with one attached hydrogen (secondary N) is 1. The SMILES string of the molecule is CN(c1ccccc1)c1ccc(/C=N/NC(=O)c2cccc(Cl)c2)cc1. The van der Waals surface area contributed by atoms with Crippen molar-refractivity contribution in [3.63, 3.8) is 0 Å². The van der Waals surface area contributed by atoms with E-state index in [4.69, 9.17) is 11.6 Å². The third kappa shape index (κ3) is 4.49. The predicted octanol–water partition coefficient (Wildman–Crippen LogP) is 4.87. The van der Waals surface area contributed by atoms with Gasteiger partial charge in [-0.05, 0) is 48.0 Å². The Balaban J connectivity index is 1.62. The molecule has 0 unspecified atom stereocenters. The van der Waals surface area contributed by atoms with Crippen molar-refractivity contribution in [1.82, 2.24) is 5.43 Å². The zero-order chi connectivity index (χ0) is 18.4. The van der Waals surface area contributed by atoms with Crippen LogP contribution < -0.4 is 10.3 Å². The van der Waals surface area contributed by atoms with E-state index >= 15 is 0 Å². The molecule has 0 spiro atoms. The molecule has 1 amide bonds. The summed E-state index contributed by atoms with van der Waals surface area (Å²) in [5, 5.41) is 4.51. The van der Waals surface area contributed by atoms with E-state index < -0.39 is 0 Å². The van der Waals surface area contributed by atoms with E-state index in [1.165, 1.54) is 0 Å². The summed E-state index contributed by atoms with van der Waals surface area (Å²) in [5.74, 6) is -0.302. The van der Waals surface area contributed by atoms with Gasteiger partial charge in [-0.25, -0.2) is 5.43 Å². The van der Waals surface area contributed by atoms with Gasteiger partial charge in [-0.1, -0.05) is 48.0 Å². The molecule has 0 radical (unpaired) electrons. The summed E-state index contributed by atoms with van der Waals surface area (Å²) in [5.41, 5.74) is 6.04. The highest BCUT2D eigenvalue weighted by molar-refractivity contribution is 6.30. The number of amides is 1. The van der Waals surface area contributed by atoms with E-state index in [2.05, 4.69) is 27.6 Å². The summed E-state index contributed by atoms with van der Waals surface area (Å²) < 4.78 is 0. The minimum absolute atomic E-state index is 0.302. The van der Waals surface area contributed by atoms with Gasteiger partial charge in [0.2, 0.25) is 0 Å². The van der Waals surface area contributed by atoms with Crippen LogP contribution in [0.15, 0.2) is 84.0 Å². The molecule has 3 aromatic carbocycles. The summed E-state index contributed by atoms with van der Waals surface area (Å²) in [7, 11) is 2.02. The average molecular weight is 364 g/mol. The molecule has 3 aromatic rings. The molecule has 130 valence electrons. The molecule has 0 bridgehead atoms. The lowest BCUT2D eigenvalue weighted by Gasteiger charge is -2.19. The van der Waals surface area contributed by atoms with E-state index in [1.54, 1.807) is 30.5 Å². The van der Waals surface area contributed by atoms with Gasteiger partial charge in [0.05, 0.1) is 6.21 Å². The molecule has 1 N–H and O–H groups in total. The van der Waals surface area contributed by atoms with Gasteiger partial charge < -0.3 is 4.90 Å². The fraction of sp³-hybridized carbons (Fsp3) is 0.0476. The second-order valence-corrected chi connectivity index (χ2v) is 6.13. The van der Waals surface area contributed by atoms with Crippen molar-refractivity contribution in [2.24, 2.45) is 5.10 Å². The monoisotopic (exact) mass is 363 g/mol. The lowest BCUT2D eigenvalue weighted by atomic mass is 10.2. The summed E-state index contributed by atoms with van der Waals surface area (Å²) in [4.78, 5) is 14.1. The molecule has 0 aliphatic carbocycles. The number of para-hydroxylation sites is 1. The van der Waals surface area contributed by atoms with Gasteiger partial charge in [-0.15, -0.1) is 0 Å². The molecule has 0 aliphatic rings. The maximum atomic E-state index is 12.0. The van der Waals surface area contributed by atoms with E-state index in [9.17, 15) is 4.79 Å². The van der Waals surface area contributed by atoms with Crippen molar-refractivity contribution in [1.29, 1.82) is 0 Å². The van der Waals surface area contributed by atoms with Crippen LogP contribution in [0.5, 0.6) is 0 Å². The van der Waals surface area contributed by atoms with Gasteiger partial charge in [0.25, 0.3) is 5.91 Å². The minimum Gasteiger partial charge on any atom is -0.345 e. The zero-order valence-electron chi connectivity index (χ0n) is 14.3. The van der Waals surface area contributed by atoms with Crippen molar-refractivity contribution < 1.29 is 4.79 Å². The van der Waals surface area contributed by atoms with Crippen LogP contribution in [0.3, 0.4) is 0 Å². The quantitative estimate of drug-likeness (QED) is 0.519. The van der Waals surface area contributed by atoms with Gasteiger partial charge in [0, 0.05) is 29.0 Å². The Labute approximate surface area is 157 Å². The highest BCUT2D eigenvalue weighted by atomic mass is 35.5. The Morgan fingerprint density at radius 1 is 0.962 bits per heavy atom. The predicted molar refractivity (Wildman–Crippen MR) is 107 cm³/mol. The van der Waals surface area contributed by atoms with Crippen LogP contribution in [0, 0.1) is 0 Å². The van der Waals surface area contributed by atoms with E-state index in [-0.39, 0.29) is 5.91 Å². The fourth-order valence-electron chi connectivity index (χ4n) is 2.44. The first-order chi connectivity index (χ1) is 12.6. The number of hydrazone groups is 1. The topological polar surface area (TPSA) is 44.7 Å². The van der Waals surface area contributed by atoms with E-state index in [0.717, 1.165) is 16.9 Å². The maximum Gasteiger partial charge on any atom is 0.271 e. The molecular weight excluding hydrogens is 346 g/mol. The molecule has 0 saturated heterocycles. The van der Waals surface area contributed by atoms with Gasteiger partial charge in [0.15, 0.2) is 0 Å². The van der Waals surface area contributed by atoms with Gasteiger partial charge in [-0.3, -0.25) is 4.79 Å². The minimum atomic E-state index is -0.302. The van der Waals surface area contributed by atoms with Gasteiger partial charge in [0.1, 0.15) is 0 Å². The van der Waals surface area contributed by atoms with Crippen LogP contribution in [-0.4, -0.2) is 19.2 Å². The first-order valence-electron chi connectivity index (χ1n) is 8.11. The molecule has 5 heteroatoms. The number of anilines is 2. The fourth-order valence-corrected chi connectivity index (χ4v) is 2.63. The van der Waals surface area contributed by atoms with Crippen molar-refractivity contribution in [3.8, 4) is 0 Å². The lowest BCUT2D eigenvalue weighted by molar-refractivity contribution is 0.0955. The van der Waals surface area contributed by atoms with Gasteiger partial charge >= 0.3 is 0 Å². The molecule has 3 rings (SSSR count). The molecule has 0 aliphatic heterocycles. The van der Waals surface area contributed by atoms with E-state index in [1.807, 2.05) is 49.5 Å². The second kappa shape index (κ2) is 8.32. The van der Waals surface area contributed by atoms with Crippen molar-refractivity contribution in [2.75, 3.05) is 11.9 Å². The van der Waals surface area contributed by atoms with Crippen molar-refractivity contribution in [3.05, 3.63) is 95.0 Å². The Bertz CT molecular complexity index is 908. The lowest BCUT2D eigenvalue weighted by Crippen LogP contribution is -2.17. The zero-order valence-corrected chi connectivity index (χ0v) is 15.0. The average Bonchev–Trinajstić information content (AvgIpc) is 2.68.